The number of carboxylic acid groups (broad SMARTS) is 1. The number of amides is 1. The molecule has 1 heterocycles. The summed E-state index contributed by atoms with van der Waals surface area (Å²) >= 11 is 0. The molecule has 0 unspecified atom stereocenters. The van der Waals surface area contributed by atoms with Gasteiger partial charge in [0.1, 0.15) is 11.6 Å². The summed E-state index contributed by atoms with van der Waals surface area (Å²) in [7, 11) is 0. The maximum atomic E-state index is 13.2. The zero-order valence-electron chi connectivity index (χ0n) is 19.9. The Balaban J connectivity index is 1.48. The summed E-state index contributed by atoms with van der Waals surface area (Å²) in [5.41, 5.74) is 16.0. The summed E-state index contributed by atoms with van der Waals surface area (Å²) in [6.45, 7) is 4.64. The fourth-order valence-corrected chi connectivity index (χ4v) is 4.44. The van der Waals surface area contributed by atoms with Gasteiger partial charge in [-0.25, -0.2) is 9.78 Å². The van der Waals surface area contributed by atoms with Crippen LogP contribution in [0.4, 0.5) is 11.5 Å². The Morgan fingerprint density at radius 2 is 1.86 bits per heavy atom. The molecule has 35 heavy (non-hydrogen) atoms. The van der Waals surface area contributed by atoms with Gasteiger partial charge in [-0.2, -0.15) is 0 Å². The zero-order chi connectivity index (χ0) is 25.1. The number of nitrogens with one attached hydrogen (secondary N) is 1. The molecule has 0 spiro atoms. The summed E-state index contributed by atoms with van der Waals surface area (Å²) in [5.74, 6) is -0.286. The number of nitrogens with zero attached hydrogens (tertiary/aromatic N) is 1. The smallest absolute Gasteiger partial charge is 0.335 e. The Morgan fingerprint density at radius 1 is 1.06 bits per heavy atom. The molecule has 1 aromatic heterocycles. The van der Waals surface area contributed by atoms with Crippen LogP contribution in [0, 0.1) is 19.8 Å². The zero-order valence-corrected chi connectivity index (χ0v) is 19.9. The van der Waals surface area contributed by atoms with Crippen molar-refractivity contribution in [2.45, 2.75) is 39.2 Å². The maximum Gasteiger partial charge on any atom is 0.335 e. The van der Waals surface area contributed by atoms with Crippen LogP contribution in [-0.4, -0.2) is 34.6 Å². The average molecular weight is 475 g/mol. The molecule has 0 saturated heterocycles. The predicted molar refractivity (Wildman–Crippen MR) is 135 cm³/mol. The van der Waals surface area contributed by atoms with E-state index in [1.165, 1.54) is 29.5 Å². The lowest BCUT2D eigenvalue weighted by atomic mass is 10.0. The number of carbonyl (C=O) groups excluding carboxylic acids is 1. The Kier molecular flexibility index (Phi) is 6.91. The molecule has 6 N–H and O–H groups in total. The summed E-state index contributed by atoms with van der Waals surface area (Å²) in [5, 5.41) is 12.4. The van der Waals surface area contributed by atoms with Crippen molar-refractivity contribution < 1.29 is 19.4 Å². The molecule has 1 fully saturated rings. The van der Waals surface area contributed by atoms with Crippen LogP contribution in [0.15, 0.2) is 48.7 Å². The molecule has 0 bridgehead atoms. The molecule has 8 heteroatoms. The monoisotopic (exact) mass is 474 g/mol. The summed E-state index contributed by atoms with van der Waals surface area (Å²) in [6, 6.07) is 12.1. The van der Waals surface area contributed by atoms with Crippen molar-refractivity contribution in [3.8, 4) is 16.9 Å². The van der Waals surface area contributed by atoms with Gasteiger partial charge in [-0.1, -0.05) is 12.5 Å². The number of aromatic nitrogens is 1. The highest BCUT2D eigenvalue weighted by Gasteiger charge is 2.30. The molecule has 2 aromatic carbocycles. The molecule has 2 atom stereocenters. The number of anilines is 2. The summed E-state index contributed by atoms with van der Waals surface area (Å²) in [6.07, 6.45) is 4.32. The van der Waals surface area contributed by atoms with E-state index >= 15 is 0 Å². The first-order valence-corrected chi connectivity index (χ1v) is 11.6. The molecule has 4 rings (SSSR count). The van der Waals surface area contributed by atoms with Gasteiger partial charge < -0.3 is 26.6 Å². The van der Waals surface area contributed by atoms with Gasteiger partial charge in [-0.3, -0.25) is 4.79 Å². The average Bonchev–Trinajstić information content (AvgIpc) is 3.26. The van der Waals surface area contributed by atoms with Crippen molar-refractivity contribution in [3.05, 3.63) is 70.9 Å². The van der Waals surface area contributed by atoms with Crippen LogP contribution in [0.25, 0.3) is 11.1 Å². The van der Waals surface area contributed by atoms with Gasteiger partial charge >= 0.3 is 5.97 Å². The third-order valence-corrected chi connectivity index (χ3v) is 6.62. The van der Waals surface area contributed by atoms with E-state index in [9.17, 15) is 14.7 Å². The Hall–Kier alpha value is -4.07. The number of rotatable bonds is 7. The third-order valence-electron chi connectivity index (χ3n) is 6.62. The minimum Gasteiger partial charge on any atom is -0.493 e. The van der Waals surface area contributed by atoms with Gasteiger partial charge in [0, 0.05) is 29.4 Å². The van der Waals surface area contributed by atoms with Crippen LogP contribution < -0.4 is 21.5 Å². The number of hydrogen-bond acceptors (Lipinski definition) is 6. The molecular weight excluding hydrogens is 444 g/mol. The molecule has 8 nitrogen and oxygen atoms in total. The first kappa shape index (κ1) is 24.1. The lowest BCUT2D eigenvalue weighted by Gasteiger charge is -2.22. The fraction of sp³-hybridized carbons (Fsp3) is 0.296. The van der Waals surface area contributed by atoms with Gasteiger partial charge in [0.05, 0.1) is 17.7 Å². The molecule has 1 aliphatic rings. The van der Waals surface area contributed by atoms with Crippen LogP contribution >= 0.6 is 0 Å². The Labute approximate surface area is 204 Å². The SMILES string of the molecule is Cc1ccc(OC[C@H]2CCC[C@@H]2NC(=O)c2cc(-c3cc(N)cc(C(=O)O)c3)cnc2N)cc1C. The number of nitrogens with two attached hydrogens (primary N) is 2. The number of ether oxygens (including phenoxy) is 1. The predicted octanol–water partition coefficient (Wildman–Crippen LogP) is 4.21. The topological polar surface area (TPSA) is 141 Å². The van der Waals surface area contributed by atoms with Crippen molar-refractivity contribution in [3.63, 3.8) is 0 Å². The van der Waals surface area contributed by atoms with Crippen molar-refractivity contribution in [1.29, 1.82) is 0 Å². The van der Waals surface area contributed by atoms with Crippen LogP contribution in [0.5, 0.6) is 5.75 Å². The molecule has 1 aliphatic carbocycles. The lowest BCUT2D eigenvalue weighted by molar-refractivity contribution is 0.0696. The molecule has 182 valence electrons. The van der Waals surface area contributed by atoms with Gasteiger partial charge in [-0.15, -0.1) is 0 Å². The van der Waals surface area contributed by atoms with Crippen LogP contribution in [-0.2, 0) is 0 Å². The normalized spacial score (nSPS) is 17.2. The largest absolute Gasteiger partial charge is 0.493 e. The highest BCUT2D eigenvalue weighted by Crippen LogP contribution is 2.29. The Bertz CT molecular complexity index is 1270. The number of nitrogen functional groups attached to an aromatic ring is 2. The van der Waals surface area contributed by atoms with Gasteiger partial charge in [0.15, 0.2) is 0 Å². The van der Waals surface area contributed by atoms with Gasteiger partial charge in [0.25, 0.3) is 5.91 Å². The quantitative estimate of drug-likeness (QED) is 0.376. The van der Waals surface area contributed by atoms with E-state index in [2.05, 4.69) is 24.1 Å². The number of aryl methyl sites for hydroxylation is 2. The number of benzene rings is 2. The second-order valence-electron chi connectivity index (χ2n) is 9.13. The molecule has 1 saturated carbocycles. The highest BCUT2D eigenvalue weighted by molar-refractivity contribution is 6.00. The minimum absolute atomic E-state index is 0.0388. The van der Waals surface area contributed by atoms with E-state index in [1.807, 2.05) is 18.2 Å². The number of hydrogen-bond donors (Lipinski definition) is 4. The van der Waals surface area contributed by atoms with E-state index in [0.717, 1.165) is 25.0 Å². The number of pyridine rings is 1. The number of aromatic carboxylic acids is 1. The molecular formula is C27H30N4O4. The van der Waals surface area contributed by atoms with E-state index in [0.29, 0.717) is 23.4 Å². The molecule has 3 aromatic rings. The van der Waals surface area contributed by atoms with Gasteiger partial charge in [0.2, 0.25) is 0 Å². The number of carboxylic acids is 1. The second-order valence-corrected chi connectivity index (χ2v) is 9.13. The lowest BCUT2D eigenvalue weighted by Crippen LogP contribution is -2.39. The van der Waals surface area contributed by atoms with Crippen molar-refractivity contribution in [1.82, 2.24) is 10.3 Å². The van der Waals surface area contributed by atoms with Crippen molar-refractivity contribution in [2.24, 2.45) is 5.92 Å². The number of carbonyl (C=O) groups is 2. The van der Waals surface area contributed by atoms with Crippen LogP contribution in [0.3, 0.4) is 0 Å². The standard InChI is InChI=1S/C27H30N4O4/c1-15-6-7-22(8-16(15)2)35-14-17-4-3-5-24(17)31-26(32)23-12-20(13-30-25(23)29)18-9-19(27(33)34)11-21(28)10-18/h6-13,17,24H,3-5,14,28H2,1-2H3,(H2,29,30)(H,31,32)(H,33,34)/t17-,24+/m1/s1. The highest BCUT2D eigenvalue weighted by atomic mass is 16.5. The van der Waals surface area contributed by atoms with Crippen molar-refractivity contribution in [2.75, 3.05) is 18.1 Å². The van der Waals surface area contributed by atoms with E-state index in [4.69, 9.17) is 16.2 Å². The fourth-order valence-electron chi connectivity index (χ4n) is 4.44. The first-order valence-electron chi connectivity index (χ1n) is 11.6. The van der Waals surface area contributed by atoms with E-state index in [-0.39, 0.29) is 34.8 Å². The van der Waals surface area contributed by atoms with E-state index in [1.54, 1.807) is 12.1 Å². The van der Waals surface area contributed by atoms with E-state index < -0.39 is 5.97 Å². The van der Waals surface area contributed by atoms with Gasteiger partial charge in [-0.05, 0) is 79.8 Å². The van der Waals surface area contributed by atoms with Crippen LogP contribution in [0.1, 0.15) is 51.1 Å². The molecule has 1 amide bonds. The summed E-state index contributed by atoms with van der Waals surface area (Å²) in [4.78, 5) is 28.7. The van der Waals surface area contributed by atoms with Crippen molar-refractivity contribution >= 4 is 23.4 Å². The summed E-state index contributed by atoms with van der Waals surface area (Å²) < 4.78 is 6.04. The maximum absolute atomic E-state index is 13.2. The third kappa shape index (κ3) is 5.54. The molecule has 0 aliphatic heterocycles. The second kappa shape index (κ2) is 10.0. The molecule has 0 radical (unpaired) electrons. The Morgan fingerprint density at radius 3 is 2.60 bits per heavy atom. The van der Waals surface area contributed by atoms with Crippen LogP contribution in [0.2, 0.25) is 0 Å². The first-order chi connectivity index (χ1) is 16.7. The minimum atomic E-state index is -1.09.